The van der Waals surface area contributed by atoms with E-state index in [2.05, 4.69) is 20.6 Å². The molecule has 2 heterocycles. The van der Waals surface area contributed by atoms with E-state index < -0.39 is 23.8 Å². The topological polar surface area (TPSA) is 105 Å². The van der Waals surface area contributed by atoms with E-state index in [0.717, 1.165) is 6.07 Å². The Kier molecular flexibility index (Phi) is 7.72. The fraction of sp³-hybridized carbons (Fsp3) is 0.423. The van der Waals surface area contributed by atoms with Gasteiger partial charge in [-0.05, 0) is 52.0 Å². The van der Waals surface area contributed by atoms with Gasteiger partial charge in [0.1, 0.15) is 17.5 Å². The van der Waals surface area contributed by atoms with E-state index in [1.165, 1.54) is 6.07 Å². The van der Waals surface area contributed by atoms with Crippen LogP contribution in [0.2, 0.25) is 0 Å². The van der Waals surface area contributed by atoms with Gasteiger partial charge in [0, 0.05) is 41.5 Å². The normalized spacial score (nSPS) is 14.9. The molecule has 2 aromatic carbocycles. The Balaban J connectivity index is 1.78. The number of carbonyl (C=O) groups is 1. The Morgan fingerprint density at radius 1 is 1.05 bits per heavy atom. The fourth-order valence-corrected chi connectivity index (χ4v) is 4.40. The second-order valence-electron chi connectivity index (χ2n) is 9.42. The van der Waals surface area contributed by atoms with Crippen LogP contribution >= 0.6 is 0 Å². The monoisotopic (exact) mass is 516 g/mol. The zero-order valence-corrected chi connectivity index (χ0v) is 21.2. The fourth-order valence-electron chi connectivity index (χ4n) is 4.40. The lowest BCUT2D eigenvalue weighted by atomic mass is 10.0. The van der Waals surface area contributed by atoms with E-state index in [4.69, 9.17) is 10.5 Å². The minimum absolute atomic E-state index is 0.000593. The van der Waals surface area contributed by atoms with Crippen molar-refractivity contribution in [1.29, 1.82) is 0 Å². The van der Waals surface area contributed by atoms with E-state index in [1.54, 1.807) is 30.9 Å². The maximum absolute atomic E-state index is 14.9. The number of anilines is 3. The van der Waals surface area contributed by atoms with Crippen molar-refractivity contribution in [2.45, 2.75) is 46.2 Å². The van der Waals surface area contributed by atoms with E-state index in [1.807, 2.05) is 13.8 Å². The number of amides is 1. The predicted octanol–water partition coefficient (Wildman–Crippen LogP) is 5.06. The number of hydrogen-bond donors (Lipinski definition) is 3. The molecule has 0 bridgehead atoms. The first kappa shape index (κ1) is 26.5. The summed E-state index contributed by atoms with van der Waals surface area (Å²) < 4.78 is 47.0. The molecule has 37 heavy (non-hydrogen) atoms. The number of nitrogens with two attached hydrogens (primary N) is 1. The summed E-state index contributed by atoms with van der Waals surface area (Å²) in [6, 6.07) is 5.08. The van der Waals surface area contributed by atoms with Gasteiger partial charge in [-0.2, -0.15) is 0 Å². The van der Waals surface area contributed by atoms with Crippen molar-refractivity contribution in [2.24, 2.45) is 0 Å². The number of nitrogen functional groups attached to an aromatic ring is 1. The number of benzene rings is 2. The average molecular weight is 517 g/mol. The molecular weight excluding hydrogens is 485 g/mol. The Bertz CT molecular complexity index is 1310. The Morgan fingerprint density at radius 2 is 1.73 bits per heavy atom. The van der Waals surface area contributed by atoms with Crippen LogP contribution in [-0.4, -0.2) is 53.1 Å². The highest BCUT2D eigenvalue weighted by Crippen LogP contribution is 2.34. The number of ether oxygens (including phenoxy) is 1. The molecule has 11 heteroatoms. The van der Waals surface area contributed by atoms with Crippen LogP contribution in [0.3, 0.4) is 0 Å². The van der Waals surface area contributed by atoms with Gasteiger partial charge in [0.05, 0.1) is 35.9 Å². The third-order valence-electron chi connectivity index (χ3n) is 6.13. The van der Waals surface area contributed by atoms with Crippen LogP contribution in [0.1, 0.15) is 60.5 Å². The first-order valence-electron chi connectivity index (χ1n) is 12.1. The van der Waals surface area contributed by atoms with Crippen LogP contribution in [0.15, 0.2) is 24.3 Å². The van der Waals surface area contributed by atoms with E-state index in [0.29, 0.717) is 60.1 Å². The number of nitrogens with one attached hydrogen (secondary N) is 2. The number of alkyl halides is 2. The van der Waals surface area contributed by atoms with Crippen molar-refractivity contribution in [3.8, 4) is 0 Å². The Morgan fingerprint density at radius 3 is 2.38 bits per heavy atom. The summed E-state index contributed by atoms with van der Waals surface area (Å²) in [6.45, 7) is 9.22. The quantitative estimate of drug-likeness (QED) is 0.377. The van der Waals surface area contributed by atoms with Gasteiger partial charge in [-0.25, -0.2) is 23.1 Å². The number of fused-ring (bicyclic) bond motifs is 1. The highest BCUT2D eigenvalue weighted by Gasteiger charge is 2.25. The maximum Gasteiger partial charge on any atom is 0.266 e. The molecule has 3 aromatic rings. The number of rotatable bonds is 7. The van der Waals surface area contributed by atoms with Crippen LogP contribution in [0.5, 0.6) is 0 Å². The van der Waals surface area contributed by atoms with Gasteiger partial charge in [-0.1, -0.05) is 0 Å². The van der Waals surface area contributed by atoms with Crippen LogP contribution in [0, 0.1) is 12.7 Å². The predicted molar refractivity (Wildman–Crippen MR) is 138 cm³/mol. The van der Waals surface area contributed by atoms with E-state index >= 15 is 0 Å². The first-order chi connectivity index (χ1) is 17.5. The molecule has 0 spiro atoms. The van der Waals surface area contributed by atoms with Gasteiger partial charge in [-0.15, -0.1) is 0 Å². The van der Waals surface area contributed by atoms with Crippen LogP contribution < -0.4 is 16.4 Å². The molecule has 4 rings (SSSR count). The zero-order valence-electron chi connectivity index (χ0n) is 21.2. The van der Waals surface area contributed by atoms with E-state index in [-0.39, 0.29) is 23.2 Å². The summed E-state index contributed by atoms with van der Waals surface area (Å²) in [6.07, 6.45) is -3.00. The molecule has 0 unspecified atom stereocenters. The minimum atomic E-state index is -3.00. The molecule has 1 atom stereocenters. The Labute approximate surface area is 213 Å². The third kappa shape index (κ3) is 5.71. The lowest BCUT2D eigenvalue weighted by molar-refractivity contribution is 0.0303. The molecule has 1 aliphatic rings. The van der Waals surface area contributed by atoms with Crippen LogP contribution in [0.4, 0.5) is 30.4 Å². The molecule has 1 aromatic heterocycles. The van der Waals surface area contributed by atoms with Gasteiger partial charge >= 0.3 is 0 Å². The molecule has 0 radical (unpaired) electrons. The third-order valence-corrected chi connectivity index (χ3v) is 6.13. The maximum atomic E-state index is 14.9. The van der Waals surface area contributed by atoms with Gasteiger partial charge in [0.2, 0.25) is 0 Å². The SMILES string of the molecule is Cc1nc(N[C@H](C)c2cc(N)cc(C(F)F)c2F)c2cc(NC(C)C)c(C(=O)N3CCOCC3)cc2n1. The number of aromatic nitrogens is 2. The summed E-state index contributed by atoms with van der Waals surface area (Å²) in [7, 11) is 0. The summed E-state index contributed by atoms with van der Waals surface area (Å²) >= 11 is 0. The molecule has 1 aliphatic heterocycles. The molecule has 0 saturated carbocycles. The smallest absolute Gasteiger partial charge is 0.266 e. The van der Waals surface area contributed by atoms with Gasteiger partial charge in [-0.3, -0.25) is 4.79 Å². The number of hydrogen-bond acceptors (Lipinski definition) is 7. The molecule has 4 N–H and O–H groups in total. The lowest BCUT2D eigenvalue weighted by Crippen LogP contribution is -2.41. The lowest BCUT2D eigenvalue weighted by Gasteiger charge is -2.28. The second-order valence-corrected chi connectivity index (χ2v) is 9.42. The van der Waals surface area contributed by atoms with Crippen LogP contribution in [0.25, 0.3) is 10.9 Å². The molecule has 8 nitrogen and oxygen atoms in total. The van der Waals surface area contributed by atoms with Crippen molar-refractivity contribution in [2.75, 3.05) is 42.7 Å². The highest BCUT2D eigenvalue weighted by molar-refractivity contribution is 6.05. The standard InChI is InChI=1S/C26H31F3N6O2/c1-13(2)31-22-11-18-21(12-19(22)26(36)35-5-7-37-8-6-35)33-15(4)34-25(18)32-14(3)17-9-16(30)10-20(23(17)27)24(28)29/h9-14,24,31H,5-8,30H2,1-4H3,(H,32,33,34)/t14-/m1/s1. The Hall–Kier alpha value is -3.60. The number of morpholine rings is 1. The number of aryl methyl sites for hydroxylation is 1. The largest absolute Gasteiger partial charge is 0.399 e. The van der Waals surface area contributed by atoms with Gasteiger partial charge in [0.15, 0.2) is 0 Å². The van der Waals surface area contributed by atoms with Crippen molar-refractivity contribution in [3.05, 3.63) is 52.6 Å². The molecule has 1 saturated heterocycles. The summed E-state index contributed by atoms with van der Waals surface area (Å²) in [5, 5.41) is 7.06. The van der Waals surface area contributed by atoms with Crippen molar-refractivity contribution < 1.29 is 22.7 Å². The van der Waals surface area contributed by atoms with Crippen molar-refractivity contribution in [3.63, 3.8) is 0 Å². The van der Waals surface area contributed by atoms with Crippen molar-refractivity contribution in [1.82, 2.24) is 14.9 Å². The zero-order chi connectivity index (χ0) is 26.9. The highest BCUT2D eigenvalue weighted by atomic mass is 19.3. The molecule has 1 fully saturated rings. The molecule has 198 valence electrons. The summed E-state index contributed by atoms with van der Waals surface area (Å²) in [4.78, 5) is 24.2. The van der Waals surface area contributed by atoms with E-state index in [9.17, 15) is 18.0 Å². The second kappa shape index (κ2) is 10.8. The average Bonchev–Trinajstić information content (AvgIpc) is 2.84. The summed E-state index contributed by atoms with van der Waals surface area (Å²) in [5.74, 6) is -0.334. The van der Waals surface area contributed by atoms with Crippen LogP contribution in [-0.2, 0) is 4.74 Å². The van der Waals surface area contributed by atoms with Gasteiger partial charge < -0.3 is 26.0 Å². The summed E-state index contributed by atoms with van der Waals surface area (Å²) in [5.41, 5.74) is 6.68. The number of halogens is 3. The first-order valence-corrected chi connectivity index (χ1v) is 12.1. The molecular formula is C26H31F3N6O2. The van der Waals surface area contributed by atoms with Crippen molar-refractivity contribution >= 4 is 34.0 Å². The molecule has 0 aliphatic carbocycles. The number of carbonyl (C=O) groups excluding carboxylic acids is 1. The minimum Gasteiger partial charge on any atom is -0.399 e. The molecule has 1 amide bonds. The number of nitrogens with zero attached hydrogens (tertiary/aromatic N) is 3. The van der Waals surface area contributed by atoms with Gasteiger partial charge in [0.25, 0.3) is 12.3 Å².